The third-order valence-electron chi connectivity index (χ3n) is 6.97. The SMILES string of the molecule is CC(C)(C)S(=O)NC1CC(O[Si](C)(C)C(C)(C)C)CC12CCN(C(=O)O)CC2. The molecule has 1 amide bonds. The van der Waals surface area contributed by atoms with E-state index in [1.165, 1.54) is 4.90 Å². The van der Waals surface area contributed by atoms with Crippen LogP contribution in [-0.4, -0.2) is 58.6 Å². The van der Waals surface area contributed by atoms with Crippen LogP contribution in [0, 0.1) is 5.41 Å². The molecule has 1 aliphatic carbocycles. The van der Waals surface area contributed by atoms with E-state index in [-0.39, 0.29) is 27.3 Å². The van der Waals surface area contributed by atoms with Gasteiger partial charge in [0, 0.05) is 25.2 Å². The largest absolute Gasteiger partial charge is 0.465 e. The van der Waals surface area contributed by atoms with Crippen LogP contribution >= 0.6 is 0 Å². The van der Waals surface area contributed by atoms with Gasteiger partial charge in [-0.15, -0.1) is 0 Å². The monoisotopic (exact) mass is 432 g/mol. The lowest BCUT2D eigenvalue weighted by Gasteiger charge is -2.43. The molecule has 28 heavy (non-hydrogen) atoms. The summed E-state index contributed by atoms with van der Waals surface area (Å²) in [5.74, 6) is 0. The van der Waals surface area contributed by atoms with Crippen molar-refractivity contribution < 1.29 is 18.5 Å². The number of carbonyl (C=O) groups is 1. The molecule has 0 bridgehead atoms. The third-order valence-corrected chi connectivity index (χ3v) is 13.1. The molecule has 2 fully saturated rings. The van der Waals surface area contributed by atoms with Crippen LogP contribution in [0.25, 0.3) is 0 Å². The molecule has 1 spiro atoms. The molecule has 6 nitrogen and oxygen atoms in total. The summed E-state index contributed by atoms with van der Waals surface area (Å²) in [4.78, 5) is 12.9. The van der Waals surface area contributed by atoms with Gasteiger partial charge in [0.1, 0.15) is 0 Å². The van der Waals surface area contributed by atoms with E-state index in [0.29, 0.717) is 13.1 Å². The van der Waals surface area contributed by atoms with Crippen molar-refractivity contribution in [1.82, 2.24) is 9.62 Å². The number of nitrogens with zero attached hydrogens (tertiary/aromatic N) is 1. The Balaban J connectivity index is 2.20. The maximum Gasteiger partial charge on any atom is 0.407 e. The molecule has 3 unspecified atom stereocenters. The first-order chi connectivity index (χ1) is 12.6. The lowest BCUT2D eigenvalue weighted by molar-refractivity contribution is 0.0733. The van der Waals surface area contributed by atoms with Crippen LogP contribution in [0.15, 0.2) is 0 Å². The number of amides is 1. The van der Waals surface area contributed by atoms with E-state index < -0.39 is 25.4 Å². The number of nitrogens with one attached hydrogen (secondary N) is 1. The second-order valence-corrected chi connectivity index (χ2v) is 17.9. The second kappa shape index (κ2) is 8.00. The van der Waals surface area contributed by atoms with E-state index in [2.05, 4.69) is 38.6 Å². The van der Waals surface area contributed by atoms with Gasteiger partial charge in [-0.2, -0.15) is 0 Å². The minimum absolute atomic E-state index is 0.0418. The van der Waals surface area contributed by atoms with E-state index in [1.54, 1.807) is 0 Å². The van der Waals surface area contributed by atoms with Crippen molar-refractivity contribution >= 4 is 25.4 Å². The van der Waals surface area contributed by atoms with Crippen molar-refractivity contribution in [2.24, 2.45) is 5.41 Å². The minimum Gasteiger partial charge on any atom is -0.465 e. The molecule has 0 aromatic rings. The van der Waals surface area contributed by atoms with Gasteiger partial charge in [0.25, 0.3) is 0 Å². The summed E-state index contributed by atoms with van der Waals surface area (Å²) in [6, 6.07) is 0.0956. The zero-order chi connectivity index (χ0) is 21.5. The summed E-state index contributed by atoms with van der Waals surface area (Å²) in [7, 11) is -3.05. The first kappa shape index (κ1) is 23.8. The van der Waals surface area contributed by atoms with Crippen molar-refractivity contribution in [1.29, 1.82) is 0 Å². The van der Waals surface area contributed by atoms with E-state index in [0.717, 1.165) is 25.7 Å². The molecular formula is C20H40N2O4SSi. The van der Waals surface area contributed by atoms with E-state index >= 15 is 0 Å². The van der Waals surface area contributed by atoms with Gasteiger partial charge in [-0.1, -0.05) is 20.8 Å². The maximum atomic E-state index is 12.8. The Hall–Kier alpha value is -0.443. The molecule has 1 aliphatic heterocycles. The van der Waals surface area contributed by atoms with Gasteiger partial charge in [0.2, 0.25) is 0 Å². The standard InChI is InChI=1S/C20H40N2O4SSi/c1-18(2,3)27(25)21-16-13-15(26-28(7,8)19(4,5)6)14-20(16)9-11-22(12-10-20)17(23)24/h15-16,21H,9-14H2,1-8H3,(H,23,24). The molecule has 0 radical (unpaired) electrons. The van der Waals surface area contributed by atoms with Crippen molar-refractivity contribution in [2.45, 2.75) is 102 Å². The Morgan fingerprint density at radius 3 is 2.14 bits per heavy atom. The van der Waals surface area contributed by atoms with Crippen LogP contribution in [0.1, 0.15) is 67.2 Å². The topological polar surface area (TPSA) is 78.9 Å². The summed E-state index contributed by atoms with van der Waals surface area (Å²) >= 11 is 0. The molecule has 3 atom stereocenters. The smallest absolute Gasteiger partial charge is 0.407 e. The Bertz CT molecular complexity index is 604. The number of rotatable bonds is 4. The summed E-state index contributed by atoms with van der Waals surface area (Å²) in [6.45, 7) is 18.3. The first-order valence-corrected chi connectivity index (χ1v) is 14.5. The fourth-order valence-corrected chi connectivity index (χ4v) is 6.37. The van der Waals surface area contributed by atoms with Crippen LogP contribution in [0.3, 0.4) is 0 Å². The summed E-state index contributed by atoms with van der Waals surface area (Å²) in [5, 5.41) is 9.47. The average molecular weight is 433 g/mol. The Morgan fingerprint density at radius 2 is 1.71 bits per heavy atom. The molecule has 2 aliphatic rings. The second-order valence-electron chi connectivity index (χ2n) is 11.1. The number of hydrogen-bond acceptors (Lipinski definition) is 3. The fraction of sp³-hybridized carbons (Fsp3) is 0.950. The highest BCUT2D eigenvalue weighted by Gasteiger charge is 2.52. The van der Waals surface area contributed by atoms with Crippen LogP contribution in [0.4, 0.5) is 4.79 Å². The van der Waals surface area contributed by atoms with E-state index in [4.69, 9.17) is 4.43 Å². The minimum atomic E-state index is -1.90. The zero-order valence-electron chi connectivity index (χ0n) is 18.9. The number of piperidine rings is 1. The quantitative estimate of drug-likeness (QED) is 0.647. The highest BCUT2D eigenvalue weighted by Crippen LogP contribution is 2.50. The highest BCUT2D eigenvalue weighted by atomic mass is 32.2. The molecule has 1 heterocycles. The lowest BCUT2D eigenvalue weighted by Crippen LogP contribution is -2.51. The molecule has 164 valence electrons. The molecule has 2 rings (SSSR count). The molecule has 0 aromatic heterocycles. The van der Waals surface area contributed by atoms with Gasteiger partial charge in [-0.05, 0) is 70.0 Å². The zero-order valence-corrected chi connectivity index (χ0v) is 20.7. The fourth-order valence-electron chi connectivity index (χ4n) is 4.05. The number of likely N-dealkylation sites (tertiary alicyclic amines) is 1. The number of carboxylic acid groups (broad SMARTS) is 1. The number of hydrogen-bond donors (Lipinski definition) is 2. The predicted octanol–water partition coefficient (Wildman–Crippen LogP) is 4.35. The van der Waals surface area contributed by atoms with Gasteiger partial charge >= 0.3 is 6.09 Å². The molecular weight excluding hydrogens is 392 g/mol. The summed E-state index contributed by atoms with van der Waals surface area (Å²) in [5.41, 5.74) is -0.0418. The lowest BCUT2D eigenvalue weighted by atomic mass is 9.74. The van der Waals surface area contributed by atoms with Gasteiger partial charge in [0.05, 0.1) is 15.7 Å². The van der Waals surface area contributed by atoms with Crippen LogP contribution in [-0.2, 0) is 15.4 Å². The van der Waals surface area contributed by atoms with Crippen molar-refractivity contribution in [3.8, 4) is 0 Å². The Kier molecular flexibility index (Phi) is 6.81. The van der Waals surface area contributed by atoms with E-state index in [1.807, 2.05) is 20.8 Å². The molecule has 1 saturated heterocycles. The predicted molar refractivity (Wildman–Crippen MR) is 117 cm³/mol. The van der Waals surface area contributed by atoms with Crippen LogP contribution < -0.4 is 4.72 Å². The Morgan fingerprint density at radius 1 is 1.18 bits per heavy atom. The average Bonchev–Trinajstić information content (AvgIpc) is 2.81. The molecule has 2 N–H and O–H groups in total. The third kappa shape index (κ3) is 5.18. The van der Waals surface area contributed by atoms with E-state index in [9.17, 15) is 14.1 Å². The van der Waals surface area contributed by atoms with Crippen molar-refractivity contribution in [3.05, 3.63) is 0 Å². The Labute approximate surface area is 174 Å². The summed E-state index contributed by atoms with van der Waals surface area (Å²) < 4.78 is 22.7. The van der Waals surface area contributed by atoms with Crippen molar-refractivity contribution in [2.75, 3.05) is 13.1 Å². The summed E-state index contributed by atoms with van der Waals surface area (Å²) in [6.07, 6.45) is 2.68. The van der Waals surface area contributed by atoms with Crippen LogP contribution in [0.2, 0.25) is 18.1 Å². The van der Waals surface area contributed by atoms with Gasteiger partial charge < -0.3 is 14.4 Å². The molecule has 8 heteroatoms. The highest BCUT2D eigenvalue weighted by molar-refractivity contribution is 7.84. The first-order valence-electron chi connectivity index (χ1n) is 10.4. The molecule has 0 aromatic carbocycles. The van der Waals surface area contributed by atoms with Gasteiger partial charge in [0.15, 0.2) is 8.32 Å². The normalized spacial score (nSPS) is 27.2. The van der Waals surface area contributed by atoms with Gasteiger partial charge in [-0.3, -0.25) is 0 Å². The maximum absolute atomic E-state index is 12.8. The van der Waals surface area contributed by atoms with Crippen LogP contribution in [0.5, 0.6) is 0 Å². The van der Waals surface area contributed by atoms with Gasteiger partial charge in [-0.25, -0.2) is 13.7 Å². The molecule has 1 saturated carbocycles. The van der Waals surface area contributed by atoms with Crippen molar-refractivity contribution in [3.63, 3.8) is 0 Å².